The van der Waals surface area contributed by atoms with Gasteiger partial charge in [-0.2, -0.15) is 0 Å². The molecule has 46 heavy (non-hydrogen) atoms. The van der Waals surface area contributed by atoms with E-state index in [0.29, 0.717) is 0 Å². The molecule has 0 N–H and O–H groups in total. The Bertz CT molecular complexity index is 2540. The van der Waals surface area contributed by atoms with Crippen molar-refractivity contribution in [1.29, 1.82) is 0 Å². The van der Waals surface area contributed by atoms with Gasteiger partial charge in [0.1, 0.15) is 5.58 Å². The SMILES string of the molecule is c1ccc(-c2cccc(N(c3ccc4ccccc4c3-c3ccc4ccccc4c3)c3cccc4c3oc3ccccc34)c2)cc1. The van der Waals surface area contributed by atoms with Crippen molar-refractivity contribution in [3.05, 3.63) is 176 Å². The number of benzene rings is 8. The maximum Gasteiger partial charge on any atom is 0.159 e. The molecule has 0 spiro atoms. The molecule has 0 aliphatic rings. The van der Waals surface area contributed by atoms with Crippen molar-refractivity contribution in [2.24, 2.45) is 0 Å². The van der Waals surface area contributed by atoms with Crippen LogP contribution in [-0.4, -0.2) is 0 Å². The summed E-state index contributed by atoms with van der Waals surface area (Å²) in [6, 6.07) is 62.8. The Morgan fingerprint density at radius 2 is 1.04 bits per heavy atom. The zero-order chi connectivity index (χ0) is 30.5. The van der Waals surface area contributed by atoms with Crippen LogP contribution in [0, 0.1) is 0 Å². The van der Waals surface area contributed by atoms with Crippen molar-refractivity contribution < 1.29 is 4.42 Å². The third-order valence-corrected chi connectivity index (χ3v) is 9.02. The average Bonchev–Trinajstić information content (AvgIpc) is 3.51. The van der Waals surface area contributed by atoms with E-state index < -0.39 is 0 Å². The number of hydrogen-bond acceptors (Lipinski definition) is 2. The molecule has 0 atom stereocenters. The molecule has 0 amide bonds. The summed E-state index contributed by atoms with van der Waals surface area (Å²) in [6.45, 7) is 0. The smallest absolute Gasteiger partial charge is 0.159 e. The third kappa shape index (κ3) is 4.35. The number of rotatable bonds is 5. The minimum Gasteiger partial charge on any atom is -0.454 e. The molecular formula is C44H29NO. The van der Waals surface area contributed by atoms with E-state index in [1.54, 1.807) is 0 Å². The van der Waals surface area contributed by atoms with Crippen LogP contribution in [0.1, 0.15) is 0 Å². The van der Waals surface area contributed by atoms with E-state index in [9.17, 15) is 0 Å². The van der Waals surface area contributed by atoms with E-state index in [0.717, 1.165) is 44.6 Å². The van der Waals surface area contributed by atoms with Crippen LogP contribution in [0.5, 0.6) is 0 Å². The highest BCUT2D eigenvalue weighted by Gasteiger charge is 2.23. The van der Waals surface area contributed by atoms with Crippen molar-refractivity contribution in [1.82, 2.24) is 0 Å². The van der Waals surface area contributed by atoms with Gasteiger partial charge in [-0.05, 0) is 74.6 Å². The number of fused-ring (bicyclic) bond motifs is 5. The van der Waals surface area contributed by atoms with Crippen molar-refractivity contribution >= 4 is 60.5 Å². The molecule has 0 saturated carbocycles. The van der Waals surface area contributed by atoms with Crippen molar-refractivity contribution in [3.63, 3.8) is 0 Å². The van der Waals surface area contributed by atoms with Crippen molar-refractivity contribution in [2.45, 2.75) is 0 Å². The maximum atomic E-state index is 6.67. The number of para-hydroxylation sites is 2. The van der Waals surface area contributed by atoms with Gasteiger partial charge in [-0.3, -0.25) is 0 Å². The highest BCUT2D eigenvalue weighted by molar-refractivity contribution is 6.12. The molecule has 0 bridgehead atoms. The van der Waals surface area contributed by atoms with E-state index in [2.05, 4.69) is 175 Å². The van der Waals surface area contributed by atoms with Gasteiger partial charge in [0, 0.05) is 22.0 Å². The van der Waals surface area contributed by atoms with Gasteiger partial charge >= 0.3 is 0 Å². The fourth-order valence-electron chi connectivity index (χ4n) is 6.87. The summed E-state index contributed by atoms with van der Waals surface area (Å²) in [7, 11) is 0. The number of hydrogen-bond donors (Lipinski definition) is 0. The number of furan rings is 1. The van der Waals surface area contributed by atoms with Crippen LogP contribution in [0.4, 0.5) is 17.1 Å². The molecule has 9 rings (SSSR count). The fraction of sp³-hybridized carbons (Fsp3) is 0. The van der Waals surface area contributed by atoms with Gasteiger partial charge in [0.05, 0.1) is 11.4 Å². The molecule has 0 aliphatic carbocycles. The summed E-state index contributed by atoms with van der Waals surface area (Å²) in [5.74, 6) is 0. The van der Waals surface area contributed by atoms with Gasteiger partial charge in [0.15, 0.2) is 5.58 Å². The average molecular weight is 588 g/mol. The Morgan fingerprint density at radius 1 is 0.370 bits per heavy atom. The zero-order valence-corrected chi connectivity index (χ0v) is 25.1. The van der Waals surface area contributed by atoms with Crippen LogP contribution in [0.2, 0.25) is 0 Å². The first kappa shape index (κ1) is 26.3. The van der Waals surface area contributed by atoms with Crippen LogP contribution in [0.3, 0.4) is 0 Å². The summed E-state index contributed by atoms with van der Waals surface area (Å²) in [4.78, 5) is 2.38. The van der Waals surface area contributed by atoms with E-state index in [-0.39, 0.29) is 0 Å². The monoisotopic (exact) mass is 587 g/mol. The molecule has 1 heterocycles. The first-order chi connectivity index (χ1) is 22.8. The summed E-state index contributed by atoms with van der Waals surface area (Å²) in [5, 5.41) is 7.07. The Balaban J connectivity index is 1.38. The van der Waals surface area contributed by atoms with Crippen LogP contribution in [0.15, 0.2) is 180 Å². The van der Waals surface area contributed by atoms with Gasteiger partial charge < -0.3 is 9.32 Å². The van der Waals surface area contributed by atoms with Gasteiger partial charge in [-0.25, -0.2) is 0 Å². The first-order valence-corrected chi connectivity index (χ1v) is 15.7. The van der Waals surface area contributed by atoms with E-state index >= 15 is 0 Å². The number of anilines is 3. The largest absolute Gasteiger partial charge is 0.454 e. The fourth-order valence-corrected chi connectivity index (χ4v) is 6.87. The Kier molecular flexibility index (Phi) is 6.17. The lowest BCUT2D eigenvalue weighted by Gasteiger charge is -2.29. The second-order valence-electron chi connectivity index (χ2n) is 11.7. The minimum absolute atomic E-state index is 0.867. The highest BCUT2D eigenvalue weighted by atomic mass is 16.3. The standard InChI is InChI=1S/C44H29NO/c1-2-12-30(13-3-1)34-17-10-18-36(29-34)45(41-22-11-21-39-38-20-8-9-23-42(38)46-44(39)41)40-27-26-32-15-6-7-19-37(32)43(40)35-25-24-31-14-4-5-16-33(31)28-35/h1-29H. The molecule has 2 nitrogen and oxygen atoms in total. The lowest BCUT2D eigenvalue weighted by atomic mass is 9.93. The second kappa shape index (κ2) is 10.8. The predicted molar refractivity (Wildman–Crippen MR) is 194 cm³/mol. The zero-order valence-electron chi connectivity index (χ0n) is 25.1. The molecule has 216 valence electrons. The molecule has 0 radical (unpaired) electrons. The second-order valence-corrected chi connectivity index (χ2v) is 11.7. The molecule has 1 aromatic heterocycles. The summed E-state index contributed by atoms with van der Waals surface area (Å²) in [6.07, 6.45) is 0. The van der Waals surface area contributed by atoms with Crippen LogP contribution >= 0.6 is 0 Å². The molecular weight excluding hydrogens is 558 g/mol. The Labute approximate surface area is 267 Å². The lowest BCUT2D eigenvalue weighted by Crippen LogP contribution is -2.12. The van der Waals surface area contributed by atoms with Gasteiger partial charge in [0.2, 0.25) is 0 Å². The van der Waals surface area contributed by atoms with Gasteiger partial charge in [-0.15, -0.1) is 0 Å². The number of nitrogens with zero attached hydrogens (tertiary/aromatic N) is 1. The quantitative estimate of drug-likeness (QED) is 0.199. The van der Waals surface area contributed by atoms with Gasteiger partial charge in [0.25, 0.3) is 0 Å². The van der Waals surface area contributed by atoms with Crippen LogP contribution < -0.4 is 4.90 Å². The minimum atomic E-state index is 0.867. The Hall–Kier alpha value is -6.12. The molecule has 0 unspecified atom stereocenters. The maximum absolute atomic E-state index is 6.67. The lowest BCUT2D eigenvalue weighted by molar-refractivity contribution is 0.669. The summed E-state index contributed by atoms with van der Waals surface area (Å²) >= 11 is 0. The normalized spacial score (nSPS) is 11.5. The molecule has 0 aliphatic heterocycles. The van der Waals surface area contributed by atoms with Crippen LogP contribution in [-0.2, 0) is 0 Å². The molecule has 0 saturated heterocycles. The van der Waals surface area contributed by atoms with Crippen molar-refractivity contribution in [3.8, 4) is 22.3 Å². The summed E-state index contributed by atoms with van der Waals surface area (Å²) in [5.41, 5.74) is 9.60. The van der Waals surface area contributed by atoms with Crippen molar-refractivity contribution in [2.75, 3.05) is 4.90 Å². The highest BCUT2D eigenvalue weighted by Crippen LogP contribution is 2.48. The Morgan fingerprint density at radius 3 is 1.93 bits per heavy atom. The molecule has 8 aromatic carbocycles. The summed E-state index contributed by atoms with van der Waals surface area (Å²) < 4.78 is 6.67. The first-order valence-electron chi connectivity index (χ1n) is 15.7. The predicted octanol–water partition coefficient (Wildman–Crippen LogP) is 12.7. The third-order valence-electron chi connectivity index (χ3n) is 9.02. The molecule has 0 fully saturated rings. The van der Waals surface area contributed by atoms with E-state index in [1.165, 1.54) is 38.2 Å². The van der Waals surface area contributed by atoms with Gasteiger partial charge in [-0.1, -0.05) is 140 Å². The molecule has 9 aromatic rings. The van der Waals surface area contributed by atoms with E-state index in [1.807, 2.05) is 6.07 Å². The van der Waals surface area contributed by atoms with E-state index in [4.69, 9.17) is 4.42 Å². The van der Waals surface area contributed by atoms with Crippen LogP contribution in [0.25, 0.3) is 65.7 Å². The molecule has 2 heteroatoms. The topological polar surface area (TPSA) is 16.4 Å².